The SMILES string of the molecule is COCCc1nc(Cl)cc(COC)n1. The summed E-state index contributed by atoms with van der Waals surface area (Å²) in [6.45, 7) is 1.04. The minimum Gasteiger partial charge on any atom is -0.384 e. The molecule has 0 amide bonds. The van der Waals surface area contributed by atoms with E-state index in [-0.39, 0.29) is 0 Å². The monoisotopic (exact) mass is 216 g/mol. The van der Waals surface area contributed by atoms with Gasteiger partial charge in [0.05, 0.1) is 18.9 Å². The number of nitrogens with zero attached hydrogens (tertiary/aromatic N) is 2. The van der Waals surface area contributed by atoms with E-state index in [1.54, 1.807) is 20.3 Å². The number of rotatable bonds is 5. The number of ether oxygens (including phenoxy) is 2. The van der Waals surface area contributed by atoms with Crippen molar-refractivity contribution in [2.45, 2.75) is 13.0 Å². The van der Waals surface area contributed by atoms with Crippen LogP contribution in [0, 0.1) is 0 Å². The van der Waals surface area contributed by atoms with Crippen molar-refractivity contribution in [1.82, 2.24) is 9.97 Å². The molecule has 1 rings (SSSR count). The molecular weight excluding hydrogens is 204 g/mol. The molecule has 1 aromatic heterocycles. The third-order valence-corrected chi connectivity index (χ3v) is 1.81. The summed E-state index contributed by atoms with van der Waals surface area (Å²) >= 11 is 5.82. The first-order chi connectivity index (χ1) is 6.76. The average molecular weight is 217 g/mol. The Morgan fingerprint density at radius 3 is 2.71 bits per heavy atom. The molecule has 0 saturated carbocycles. The molecular formula is C9H13ClN2O2. The van der Waals surface area contributed by atoms with Crippen LogP contribution in [0.15, 0.2) is 6.07 Å². The molecule has 1 heterocycles. The fraction of sp³-hybridized carbons (Fsp3) is 0.556. The Morgan fingerprint density at radius 1 is 1.29 bits per heavy atom. The predicted molar refractivity (Wildman–Crippen MR) is 53.3 cm³/mol. The molecule has 5 heteroatoms. The van der Waals surface area contributed by atoms with E-state index < -0.39 is 0 Å². The standard InChI is InChI=1S/C9H13ClN2O2/c1-13-4-3-9-11-7(6-14-2)5-8(10)12-9/h5H,3-4,6H2,1-2H3. The van der Waals surface area contributed by atoms with Crippen molar-refractivity contribution in [3.05, 3.63) is 22.7 Å². The number of hydrogen-bond acceptors (Lipinski definition) is 4. The number of methoxy groups -OCH3 is 2. The third-order valence-electron chi connectivity index (χ3n) is 1.62. The Kier molecular flexibility index (Phi) is 4.79. The highest BCUT2D eigenvalue weighted by atomic mass is 35.5. The maximum Gasteiger partial charge on any atom is 0.133 e. The lowest BCUT2D eigenvalue weighted by Crippen LogP contribution is -2.04. The lowest BCUT2D eigenvalue weighted by atomic mass is 10.3. The van der Waals surface area contributed by atoms with Gasteiger partial charge in [0.15, 0.2) is 0 Å². The summed E-state index contributed by atoms with van der Waals surface area (Å²) in [6.07, 6.45) is 0.660. The summed E-state index contributed by atoms with van der Waals surface area (Å²) < 4.78 is 9.89. The van der Waals surface area contributed by atoms with Gasteiger partial charge in [-0.05, 0) is 6.07 Å². The highest BCUT2D eigenvalue weighted by Crippen LogP contribution is 2.08. The minimum atomic E-state index is 0.443. The molecule has 1 aromatic rings. The fourth-order valence-electron chi connectivity index (χ4n) is 1.04. The van der Waals surface area contributed by atoms with Gasteiger partial charge in [-0.2, -0.15) is 0 Å². The van der Waals surface area contributed by atoms with Crippen LogP contribution in [-0.4, -0.2) is 30.8 Å². The molecule has 0 atom stereocenters. The first-order valence-corrected chi connectivity index (χ1v) is 4.64. The van der Waals surface area contributed by atoms with Crippen LogP contribution < -0.4 is 0 Å². The zero-order valence-corrected chi connectivity index (χ0v) is 9.04. The molecule has 0 spiro atoms. The van der Waals surface area contributed by atoms with Gasteiger partial charge in [0.1, 0.15) is 11.0 Å². The van der Waals surface area contributed by atoms with Gasteiger partial charge in [0, 0.05) is 20.6 Å². The van der Waals surface area contributed by atoms with E-state index in [2.05, 4.69) is 9.97 Å². The molecule has 0 unspecified atom stereocenters. The molecule has 0 N–H and O–H groups in total. The Bertz CT molecular complexity index is 294. The highest BCUT2D eigenvalue weighted by molar-refractivity contribution is 6.29. The number of halogens is 1. The van der Waals surface area contributed by atoms with Crippen molar-refractivity contribution >= 4 is 11.6 Å². The van der Waals surface area contributed by atoms with Crippen molar-refractivity contribution in [3.63, 3.8) is 0 Å². The zero-order valence-electron chi connectivity index (χ0n) is 8.29. The molecule has 0 aliphatic rings. The topological polar surface area (TPSA) is 44.2 Å². The van der Waals surface area contributed by atoms with Crippen LogP contribution in [-0.2, 0) is 22.5 Å². The van der Waals surface area contributed by atoms with Crippen molar-refractivity contribution in [3.8, 4) is 0 Å². The van der Waals surface area contributed by atoms with Gasteiger partial charge in [-0.1, -0.05) is 11.6 Å². The van der Waals surface area contributed by atoms with Crippen LogP contribution in [0.5, 0.6) is 0 Å². The van der Waals surface area contributed by atoms with Crippen molar-refractivity contribution < 1.29 is 9.47 Å². The molecule has 0 aliphatic heterocycles. The maximum absolute atomic E-state index is 5.82. The lowest BCUT2D eigenvalue weighted by molar-refractivity contribution is 0.180. The fourth-order valence-corrected chi connectivity index (χ4v) is 1.27. The van der Waals surface area contributed by atoms with Crippen LogP contribution in [0.25, 0.3) is 0 Å². The molecule has 0 aromatic carbocycles. The molecule has 0 saturated heterocycles. The molecule has 4 nitrogen and oxygen atoms in total. The molecule has 0 radical (unpaired) electrons. The largest absolute Gasteiger partial charge is 0.384 e. The second-order valence-electron chi connectivity index (χ2n) is 2.77. The Morgan fingerprint density at radius 2 is 2.07 bits per heavy atom. The summed E-state index contributed by atoms with van der Waals surface area (Å²) in [5, 5.41) is 0.443. The van der Waals surface area contributed by atoms with Gasteiger partial charge in [-0.25, -0.2) is 9.97 Å². The van der Waals surface area contributed by atoms with E-state index in [0.29, 0.717) is 30.6 Å². The van der Waals surface area contributed by atoms with Crippen molar-refractivity contribution in [1.29, 1.82) is 0 Å². The van der Waals surface area contributed by atoms with Crippen LogP contribution >= 0.6 is 11.6 Å². The summed E-state index contributed by atoms with van der Waals surface area (Å²) in [6, 6.07) is 1.70. The first-order valence-electron chi connectivity index (χ1n) is 4.26. The normalized spacial score (nSPS) is 10.5. The quantitative estimate of drug-likeness (QED) is 0.700. The summed E-state index contributed by atoms with van der Waals surface area (Å²) in [4.78, 5) is 8.33. The van der Waals surface area contributed by atoms with E-state index in [1.165, 1.54) is 0 Å². The van der Waals surface area contributed by atoms with Crippen LogP contribution in [0.3, 0.4) is 0 Å². The van der Waals surface area contributed by atoms with E-state index >= 15 is 0 Å². The van der Waals surface area contributed by atoms with Gasteiger partial charge in [0.2, 0.25) is 0 Å². The average Bonchev–Trinajstić information content (AvgIpc) is 2.14. The summed E-state index contributed by atoms with van der Waals surface area (Å²) in [7, 11) is 3.26. The molecule has 0 fully saturated rings. The number of hydrogen-bond donors (Lipinski definition) is 0. The molecule has 0 bridgehead atoms. The van der Waals surface area contributed by atoms with Crippen molar-refractivity contribution in [2.75, 3.05) is 20.8 Å². The van der Waals surface area contributed by atoms with E-state index in [1.807, 2.05) is 0 Å². The van der Waals surface area contributed by atoms with Gasteiger partial charge >= 0.3 is 0 Å². The predicted octanol–water partition coefficient (Wildman–Crippen LogP) is 1.47. The Labute approximate surface area is 88.2 Å². The zero-order chi connectivity index (χ0) is 10.4. The van der Waals surface area contributed by atoms with E-state index in [0.717, 1.165) is 5.69 Å². The summed E-state index contributed by atoms with van der Waals surface area (Å²) in [5.74, 6) is 0.686. The van der Waals surface area contributed by atoms with Gasteiger partial charge in [0.25, 0.3) is 0 Å². The Balaban J connectivity index is 2.73. The molecule has 0 aliphatic carbocycles. The third kappa shape index (κ3) is 3.57. The minimum absolute atomic E-state index is 0.443. The highest BCUT2D eigenvalue weighted by Gasteiger charge is 2.02. The maximum atomic E-state index is 5.82. The lowest BCUT2D eigenvalue weighted by Gasteiger charge is -2.03. The number of aromatic nitrogens is 2. The molecule has 78 valence electrons. The second-order valence-corrected chi connectivity index (χ2v) is 3.16. The first kappa shape index (κ1) is 11.4. The van der Waals surface area contributed by atoms with Gasteiger partial charge in [-0.3, -0.25) is 0 Å². The van der Waals surface area contributed by atoms with Crippen LogP contribution in [0.1, 0.15) is 11.5 Å². The van der Waals surface area contributed by atoms with E-state index in [4.69, 9.17) is 21.1 Å². The second kappa shape index (κ2) is 5.90. The Hall–Kier alpha value is -0.710. The summed E-state index contributed by atoms with van der Waals surface area (Å²) in [5.41, 5.74) is 0.790. The van der Waals surface area contributed by atoms with Gasteiger partial charge < -0.3 is 9.47 Å². The smallest absolute Gasteiger partial charge is 0.133 e. The van der Waals surface area contributed by atoms with Crippen LogP contribution in [0.2, 0.25) is 5.15 Å². The van der Waals surface area contributed by atoms with E-state index in [9.17, 15) is 0 Å². The molecule has 14 heavy (non-hydrogen) atoms. The van der Waals surface area contributed by atoms with Crippen molar-refractivity contribution in [2.24, 2.45) is 0 Å². The van der Waals surface area contributed by atoms with Crippen LogP contribution in [0.4, 0.5) is 0 Å². The van der Waals surface area contributed by atoms with Gasteiger partial charge in [-0.15, -0.1) is 0 Å².